The van der Waals surface area contributed by atoms with Crippen LogP contribution in [-0.2, 0) is 0 Å². The fourth-order valence-electron chi connectivity index (χ4n) is 1.25. The first-order valence-corrected chi connectivity index (χ1v) is 6.94. The lowest BCUT2D eigenvalue weighted by molar-refractivity contribution is 0.760. The van der Waals surface area contributed by atoms with Gasteiger partial charge in [0, 0.05) is 24.8 Å². The smallest absolute Gasteiger partial charge is 0.245 e. The largest absolute Gasteiger partial charge is 0.346 e. The van der Waals surface area contributed by atoms with Crippen LogP contribution in [0.3, 0.4) is 0 Å². The molecule has 0 aromatic carbocycles. The molecule has 0 spiro atoms. The summed E-state index contributed by atoms with van der Waals surface area (Å²) in [6, 6.07) is 3.83. The fraction of sp³-hybridized carbons (Fsp3) is 0.300. The quantitative estimate of drug-likeness (QED) is 0.813. The molecule has 7 heteroatoms. The van der Waals surface area contributed by atoms with Gasteiger partial charge >= 0.3 is 0 Å². The summed E-state index contributed by atoms with van der Waals surface area (Å²) < 4.78 is 2.69. The van der Waals surface area contributed by atoms with Gasteiger partial charge in [0.15, 0.2) is 11.0 Å². The Morgan fingerprint density at radius 3 is 2.65 bits per heavy atom. The number of aromatic nitrogens is 4. The Kier molecular flexibility index (Phi) is 3.68. The zero-order valence-corrected chi connectivity index (χ0v) is 12.2. The lowest BCUT2D eigenvalue weighted by atomic mass is 10.5. The molecule has 2 rings (SSSR count). The van der Waals surface area contributed by atoms with Crippen molar-refractivity contribution in [2.75, 3.05) is 25.3 Å². The van der Waals surface area contributed by atoms with Crippen molar-refractivity contribution in [2.45, 2.75) is 5.16 Å². The number of pyridine rings is 1. The van der Waals surface area contributed by atoms with Gasteiger partial charge in [0.05, 0.1) is 0 Å². The highest BCUT2D eigenvalue weighted by Gasteiger charge is 2.12. The molecule has 90 valence electrons. The SMILES string of the molecule is CSc1nc(N(C)C)nn1-c1ccc(Br)cn1. The van der Waals surface area contributed by atoms with Crippen LogP contribution in [0, 0.1) is 0 Å². The molecule has 5 nitrogen and oxygen atoms in total. The Balaban J connectivity index is 2.46. The minimum Gasteiger partial charge on any atom is -0.346 e. The second kappa shape index (κ2) is 5.05. The molecule has 0 fully saturated rings. The summed E-state index contributed by atoms with van der Waals surface area (Å²) >= 11 is 4.90. The molecule has 0 aliphatic heterocycles. The second-order valence-electron chi connectivity index (χ2n) is 3.54. The summed E-state index contributed by atoms with van der Waals surface area (Å²) in [5.41, 5.74) is 0. The summed E-state index contributed by atoms with van der Waals surface area (Å²) in [4.78, 5) is 10.6. The molecule has 0 N–H and O–H groups in total. The Morgan fingerprint density at radius 2 is 2.12 bits per heavy atom. The van der Waals surface area contributed by atoms with Crippen molar-refractivity contribution in [3.63, 3.8) is 0 Å². The average Bonchev–Trinajstić information content (AvgIpc) is 2.74. The summed E-state index contributed by atoms with van der Waals surface area (Å²) in [5, 5.41) is 5.24. The predicted molar refractivity (Wildman–Crippen MR) is 73.0 cm³/mol. The van der Waals surface area contributed by atoms with Gasteiger partial charge in [-0.2, -0.15) is 9.67 Å². The Morgan fingerprint density at radius 1 is 1.35 bits per heavy atom. The molecule has 0 saturated carbocycles. The van der Waals surface area contributed by atoms with E-state index in [0.717, 1.165) is 15.4 Å². The topological polar surface area (TPSA) is 46.8 Å². The third-order valence-corrected chi connectivity index (χ3v) is 3.18. The second-order valence-corrected chi connectivity index (χ2v) is 5.23. The predicted octanol–water partition coefficient (Wildman–Crippen LogP) is 2.21. The van der Waals surface area contributed by atoms with Crippen molar-refractivity contribution >= 4 is 33.6 Å². The fourth-order valence-corrected chi connectivity index (χ4v) is 1.97. The van der Waals surface area contributed by atoms with Gasteiger partial charge in [0.2, 0.25) is 5.95 Å². The third-order valence-electron chi connectivity index (χ3n) is 2.08. The zero-order valence-electron chi connectivity index (χ0n) is 9.75. The normalized spacial score (nSPS) is 10.6. The van der Waals surface area contributed by atoms with E-state index in [1.807, 2.05) is 37.4 Å². The molecule has 0 aliphatic carbocycles. The lowest BCUT2D eigenvalue weighted by Crippen LogP contribution is -2.11. The number of thioether (sulfide) groups is 1. The van der Waals surface area contributed by atoms with Gasteiger partial charge < -0.3 is 4.90 Å². The van der Waals surface area contributed by atoms with Crippen molar-refractivity contribution < 1.29 is 0 Å². The van der Waals surface area contributed by atoms with E-state index in [0.29, 0.717) is 5.95 Å². The number of nitrogens with zero attached hydrogens (tertiary/aromatic N) is 5. The minimum absolute atomic E-state index is 0.680. The molecule has 2 heterocycles. The van der Waals surface area contributed by atoms with Crippen molar-refractivity contribution in [1.29, 1.82) is 0 Å². The summed E-state index contributed by atoms with van der Waals surface area (Å²) in [6.45, 7) is 0. The Bertz CT molecular complexity index is 508. The van der Waals surface area contributed by atoms with Gasteiger partial charge in [-0.1, -0.05) is 11.8 Å². The van der Waals surface area contributed by atoms with Gasteiger partial charge in [-0.25, -0.2) is 4.98 Å². The van der Waals surface area contributed by atoms with Gasteiger partial charge in [0.1, 0.15) is 0 Å². The summed E-state index contributed by atoms with van der Waals surface area (Å²) in [6.07, 6.45) is 3.72. The molecule has 0 saturated heterocycles. The molecule has 0 unspecified atom stereocenters. The molecule has 17 heavy (non-hydrogen) atoms. The minimum atomic E-state index is 0.680. The maximum absolute atomic E-state index is 4.42. The van der Waals surface area contributed by atoms with Gasteiger partial charge in [-0.3, -0.25) is 0 Å². The van der Waals surface area contributed by atoms with Crippen LogP contribution in [0.15, 0.2) is 28.0 Å². The first kappa shape index (κ1) is 12.4. The van der Waals surface area contributed by atoms with Crippen LogP contribution in [0.25, 0.3) is 5.82 Å². The first-order chi connectivity index (χ1) is 8.11. The molecule has 0 bridgehead atoms. The van der Waals surface area contributed by atoms with Crippen LogP contribution in [0.2, 0.25) is 0 Å². The van der Waals surface area contributed by atoms with Crippen LogP contribution in [0.4, 0.5) is 5.95 Å². The van der Waals surface area contributed by atoms with Gasteiger partial charge in [-0.05, 0) is 34.3 Å². The van der Waals surface area contributed by atoms with Gasteiger partial charge in [0.25, 0.3) is 0 Å². The zero-order chi connectivity index (χ0) is 12.4. The van der Waals surface area contributed by atoms with E-state index in [-0.39, 0.29) is 0 Å². The third kappa shape index (κ3) is 2.61. The van der Waals surface area contributed by atoms with E-state index in [2.05, 4.69) is 31.0 Å². The van der Waals surface area contributed by atoms with Crippen LogP contribution < -0.4 is 4.90 Å². The number of hydrogen-bond acceptors (Lipinski definition) is 5. The monoisotopic (exact) mass is 313 g/mol. The highest BCUT2D eigenvalue weighted by Crippen LogP contribution is 2.20. The van der Waals surface area contributed by atoms with Crippen molar-refractivity contribution in [2.24, 2.45) is 0 Å². The number of hydrogen-bond donors (Lipinski definition) is 0. The van der Waals surface area contributed by atoms with Crippen LogP contribution in [-0.4, -0.2) is 40.1 Å². The molecule has 2 aromatic rings. The standard InChI is InChI=1S/C10H12BrN5S/c1-15(2)9-13-10(17-3)16(14-9)8-5-4-7(11)6-12-8/h4-6H,1-3H3. The van der Waals surface area contributed by atoms with Gasteiger partial charge in [-0.15, -0.1) is 5.10 Å². The molecular weight excluding hydrogens is 302 g/mol. The van der Waals surface area contributed by atoms with Crippen LogP contribution in [0.1, 0.15) is 0 Å². The molecule has 0 radical (unpaired) electrons. The van der Waals surface area contributed by atoms with Crippen molar-refractivity contribution in [3.05, 3.63) is 22.8 Å². The highest BCUT2D eigenvalue weighted by atomic mass is 79.9. The number of rotatable bonds is 3. The van der Waals surface area contributed by atoms with E-state index in [1.54, 1.807) is 22.6 Å². The summed E-state index contributed by atoms with van der Waals surface area (Å²) in [5.74, 6) is 1.44. The van der Waals surface area contributed by atoms with Crippen LogP contribution >= 0.6 is 27.7 Å². The number of halogens is 1. The Hall–Kier alpha value is -1.08. The van der Waals surface area contributed by atoms with E-state index < -0.39 is 0 Å². The Labute approximate surface area is 112 Å². The summed E-state index contributed by atoms with van der Waals surface area (Å²) in [7, 11) is 3.83. The molecule has 2 aromatic heterocycles. The lowest BCUT2D eigenvalue weighted by Gasteiger charge is -2.04. The molecule has 0 atom stereocenters. The average molecular weight is 314 g/mol. The van der Waals surface area contributed by atoms with E-state index in [9.17, 15) is 0 Å². The van der Waals surface area contributed by atoms with E-state index in [1.165, 1.54) is 0 Å². The van der Waals surface area contributed by atoms with E-state index >= 15 is 0 Å². The van der Waals surface area contributed by atoms with E-state index in [4.69, 9.17) is 0 Å². The molecule has 0 amide bonds. The maximum atomic E-state index is 4.42. The molecular formula is C10H12BrN5S. The van der Waals surface area contributed by atoms with Crippen molar-refractivity contribution in [3.8, 4) is 5.82 Å². The first-order valence-electron chi connectivity index (χ1n) is 4.92. The van der Waals surface area contributed by atoms with Crippen LogP contribution in [0.5, 0.6) is 0 Å². The highest BCUT2D eigenvalue weighted by molar-refractivity contribution is 9.10. The van der Waals surface area contributed by atoms with Crippen molar-refractivity contribution in [1.82, 2.24) is 19.7 Å². The maximum Gasteiger partial charge on any atom is 0.245 e. The number of anilines is 1. The molecule has 0 aliphatic rings.